The van der Waals surface area contributed by atoms with E-state index in [-0.39, 0.29) is 16.7 Å². The summed E-state index contributed by atoms with van der Waals surface area (Å²) < 4.78 is 0. The van der Waals surface area contributed by atoms with Gasteiger partial charge in [0.1, 0.15) is 0 Å². The first kappa shape index (κ1) is 27.5. The van der Waals surface area contributed by atoms with Crippen LogP contribution < -0.4 is 0 Å². The van der Waals surface area contributed by atoms with Gasteiger partial charge < -0.3 is 9.80 Å². The third-order valence-electron chi connectivity index (χ3n) is 12.6. The van der Waals surface area contributed by atoms with Crippen molar-refractivity contribution in [2.45, 2.75) is 148 Å². The summed E-state index contributed by atoms with van der Waals surface area (Å²) in [6.07, 6.45) is 21.8. The molecule has 7 atom stereocenters. The van der Waals surface area contributed by atoms with Crippen molar-refractivity contribution >= 4 is 11.8 Å². The largest absolute Gasteiger partial charge is 0.342 e. The molecule has 0 aromatic carbocycles. The topological polar surface area (TPSA) is 40.6 Å². The Balaban J connectivity index is 1.34. The molecule has 0 aromatic rings. The number of nitrogens with zero attached hydrogens (tertiary/aromatic N) is 2. The highest BCUT2D eigenvalue weighted by Gasteiger charge is 2.62. The molecule has 5 fully saturated rings. The third kappa shape index (κ3) is 4.90. The Morgan fingerprint density at radius 2 is 1.59 bits per heavy atom. The molecule has 4 aliphatic carbocycles. The molecule has 5 aliphatic rings. The number of likely N-dealkylation sites (tertiary alicyclic amines) is 1. The first-order valence-corrected chi connectivity index (χ1v) is 16.4. The molecule has 1 saturated heterocycles. The Kier molecular flexibility index (Phi) is 8.33. The molecule has 2 amide bonds. The maximum Gasteiger partial charge on any atom is 0.225 e. The molecular formula is C33H56N2O2. The number of rotatable bonds is 8. The quantitative estimate of drug-likeness (QED) is 0.314. The van der Waals surface area contributed by atoms with Crippen molar-refractivity contribution in [1.29, 1.82) is 0 Å². The first-order chi connectivity index (χ1) is 17.8. The van der Waals surface area contributed by atoms with Crippen molar-refractivity contribution < 1.29 is 9.59 Å². The Hall–Kier alpha value is -1.06. The normalized spacial score (nSPS) is 40.2. The van der Waals surface area contributed by atoms with Crippen LogP contribution in [0.25, 0.3) is 0 Å². The highest BCUT2D eigenvalue weighted by molar-refractivity contribution is 5.79. The van der Waals surface area contributed by atoms with E-state index in [1.807, 2.05) is 0 Å². The van der Waals surface area contributed by atoms with Crippen LogP contribution in [0.1, 0.15) is 136 Å². The van der Waals surface area contributed by atoms with Crippen LogP contribution >= 0.6 is 0 Å². The third-order valence-corrected chi connectivity index (χ3v) is 12.6. The first-order valence-electron chi connectivity index (χ1n) is 16.4. The lowest BCUT2D eigenvalue weighted by Gasteiger charge is -2.62. The summed E-state index contributed by atoms with van der Waals surface area (Å²) in [7, 11) is 2.07. The number of carbonyl (C=O) groups is 2. The van der Waals surface area contributed by atoms with E-state index in [1.165, 1.54) is 89.9 Å². The van der Waals surface area contributed by atoms with Gasteiger partial charge in [-0.2, -0.15) is 0 Å². The van der Waals surface area contributed by atoms with Gasteiger partial charge in [0.15, 0.2) is 0 Å². The lowest BCUT2D eigenvalue weighted by Crippen LogP contribution is -2.62. The molecule has 5 rings (SSSR count). The number of carbonyl (C=O) groups excluding carboxylic acids is 2. The van der Waals surface area contributed by atoms with Gasteiger partial charge >= 0.3 is 0 Å². The minimum atomic E-state index is 0.272. The number of hydrogen-bond acceptors (Lipinski definition) is 2. The van der Waals surface area contributed by atoms with E-state index in [0.717, 1.165) is 50.0 Å². The molecule has 0 bridgehead atoms. The Bertz CT molecular complexity index is 821. The average Bonchev–Trinajstić information content (AvgIpc) is 3.26. The van der Waals surface area contributed by atoms with Crippen LogP contribution in [0.5, 0.6) is 0 Å². The minimum Gasteiger partial charge on any atom is -0.342 e. The van der Waals surface area contributed by atoms with Crippen molar-refractivity contribution in [1.82, 2.24) is 9.80 Å². The highest BCUT2D eigenvalue weighted by Crippen LogP contribution is 2.65. The predicted molar refractivity (Wildman–Crippen MR) is 151 cm³/mol. The molecule has 0 aromatic heterocycles. The number of unbranched alkanes of at least 4 members (excludes halogenated alkanes) is 4. The van der Waals surface area contributed by atoms with Gasteiger partial charge in [0.25, 0.3) is 0 Å². The molecule has 210 valence electrons. The van der Waals surface area contributed by atoms with E-state index in [1.54, 1.807) is 0 Å². The van der Waals surface area contributed by atoms with Gasteiger partial charge in [-0.15, -0.1) is 0 Å². The van der Waals surface area contributed by atoms with Crippen LogP contribution in [-0.4, -0.2) is 47.3 Å². The molecule has 1 aliphatic heterocycles. The van der Waals surface area contributed by atoms with Crippen LogP contribution in [0, 0.1) is 34.5 Å². The number of amides is 2. The van der Waals surface area contributed by atoms with Crippen LogP contribution in [0.3, 0.4) is 0 Å². The Labute approximate surface area is 227 Å². The monoisotopic (exact) mass is 512 g/mol. The average molecular weight is 513 g/mol. The smallest absolute Gasteiger partial charge is 0.225 e. The summed E-state index contributed by atoms with van der Waals surface area (Å²) in [5.74, 6) is 3.44. The molecular weight excluding hydrogens is 456 g/mol. The van der Waals surface area contributed by atoms with Gasteiger partial charge in [0.05, 0.1) is 0 Å². The zero-order chi connectivity index (χ0) is 26.2. The summed E-state index contributed by atoms with van der Waals surface area (Å²) in [4.78, 5) is 31.2. The zero-order valence-electron chi connectivity index (χ0n) is 24.6. The highest BCUT2D eigenvalue weighted by atomic mass is 16.2. The van der Waals surface area contributed by atoms with Gasteiger partial charge in [0.2, 0.25) is 11.8 Å². The van der Waals surface area contributed by atoms with Crippen LogP contribution in [0.2, 0.25) is 0 Å². The molecule has 0 radical (unpaired) electrons. The van der Waals surface area contributed by atoms with Gasteiger partial charge in [-0.1, -0.05) is 65.7 Å². The molecule has 0 N–H and O–H groups in total. The fraction of sp³-hybridized carbons (Fsp3) is 0.939. The van der Waals surface area contributed by atoms with Crippen molar-refractivity contribution in [2.75, 3.05) is 13.6 Å². The SMILES string of the molecule is CCCCCCCN(C(=O)C1CCCCC1)[C@H]1CC[C@H]2[C@@H]3CC[C@H]4N(C)C(=O)CC[C@]4(C)[C@H]3CC[C@]12C. The number of hydrogen-bond donors (Lipinski definition) is 0. The predicted octanol–water partition coefficient (Wildman–Crippen LogP) is 7.60. The molecule has 1 heterocycles. The van der Waals surface area contributed by atoms with E-state index >= 15 is 0 Å². The second-order valence-electron chi connectivity index (χ2n) is 14.4. The standard InChI is InChI=1S/C33H56N2O2/c1-5-6-7-8-12-23-35(31(37)24-13-10-9-11-14-24)29-18-16-26-25-15-17-28-32(2,22-20-30(36)34(28)4)27(25)19-21-33(26,29)3/h24-29H,5-23H2,1-4H3/t25-,26-,27-,28+,29-,32+,33-/m0/s1. The summed E-state index contributed by atoms with van der Waals surface area (Å²) in [5.41, 5.74) is 0.552. The molecule has 0 spiro atoms. The van der Waals surface area contributed by atoms with E-state index in [9.17, 15) is 9.59 Å². The van der Waals surface area contributed by atoms with E-state index in [4.69, 9.17) is 0 Å². The fourth-order valence-corrected chi connectivity index (χ4v) is 10.5. The maximum absolute atomic E-state index is 14.1. The van der Waals surface area contributed by atoms with Gasteiger partial charge in [-0.25, -0.2) is 0 Å². The minimum absolute atomic E-state index is 0.272. The molecule has 4 saturated carbocycles. The fourth-order valence-electron chi connectivity index (χ4n) is 10.5. The van der Waals surface area contributed by atoms with Crippen LogP contribution in [0.4, 0.5) is 0 Å². The summed E-state index contributed by atoms with van der Waals surface area (Å²) in [5, 5.41) is 0. The lowest BCUT2D eigenvalue weighted by atomic mass is 9.47. The van der Waals surface area contributed by atoms with E-state index < -0.39 is 0 Å². The molecule has 37 heavy (non-hydrogen) atoms. The van der Waals surface area contributed by atoms with E-state index in [0.29, 0.717) is 23.9 Å². The summed E-state index contributed by atoms with van der Waals surface area (Å²) in [6.45, 7) is 8.40. The summed E-state index contributed by atoms with van der Waals surface area (Å²) in [6, 6.07) is 0.879. The van der Waals surface area contributed by atoms with Gasteiger partial charge in [-0.05, 0) is 92.8 Å². The molecule has 4 heteroatoms. The van der Waals surface area contributed by atoms with Crippen molar-refractivity contribution in [3.8, 4) is 0 Å². The zero-order valence-corrected chi connectivity index (χ0v) is 24.6. The Morgan fingerprint density at radius 3 is 2.35 bits per heavy atom. The van der Waals surface area contributed by atoms with Crippen molar-refractivity contribution in [3.05, 3.63) is 0 Å². The molecule has 0 unspecified atom stereocenters. The second-order valence-corrected chi connectivity index (χ2v) is 14.4. The number of fused-ring (bicyclic) bond motifs is 5. The van der Waals surface area contributed by atoms with E-state index in [2.05, 4.69) is 37.6 Å². The molecule has 4 nitrogen and oxygen atoms in total. The van der Waals surface area contributed by atoms with Crippen molar-refractivity contribution in [2.24, 2.45) is 34.5 Å². The lowest BCUT2D eigenvalue weighted by molar-refractivity contribution is -0.160. The van der Waals surface area contributed by atoms with Crippen LogP contribution in [-0.2, 0) is 9.59 Å². The second kappa shape index (κ2) is 11.2. The Morgan fingerprint density at radius 1 is 0.865 bits per heavy atom. The van der Waals surface area contributed by atoms with Crippen LogP contribution in [0.15, 0.2) is 0 Å². The van der Waals surface area contributed by atoms with Gasteiger partial charge in [0, 0.05) is 38.0 Å². The summed E-state index contributed by atoms with van der Waals surface area (Å²) >= 11 is 0. The number of piperidine rings is 1. The maximum atomic E-state index is 14.1. The van der Waals surface area contributed by atoms with Gasteiger partial charge in [-0.3, -0.25) is 9.59 Å². The van der Waals surface area contributed by atoms with Crippen molar-refractivity contribution in [3.63, 3.8) is 0 Å².